The highest BCUT2D eigenvalue weighted by Gasteiger charge is 2.33. The fourth-order valence-electron chi connectivity index (χ4n) is 1.65. The van der Waals surface area contributed by atoms with Crippen molar-refractivity contribution in [1.82, 2.24) is 4.90 Å². The van der Waals surface area contributed by atoms with Gasteiger partial charge in [-0.3, -0.25) is 4.79 Å². The molecule has 21 heavy (non-hydrogen) atoms. The molecule has 0 aliphatic carbocycles. The van der Waals surface area contributed by atoms with Crippen molar-refractivity contribution in [2.45, 2.75) is 19.0 Å². The topological polar surface area (TPSA) is 29.5 Å². The number of amides is 1. The highest BCUT2D eigenvalue weighted by molar-refractivity contribution is 6.17. The second-order valence-corrected chi connectivity index (χ2v) is 4.83. The zero-order chi connectivity index (χ0) is 15.9. The average molecular weight is 324 g/mol. The maximum absolute atomic E-state index is 12.7. The molecule has 1 amide bonds. The summed E-state index contributed by atoms with van der Waals surface area (Å²) in [4.78, 5) is 13.0. The lowest BCUT2D eigenvalue weighted by atomic mass is 10.2. The SMILES string of the molecule is CN(CCOc1ccccc1C(F)(F)F)C(=O)CCCCl. The Morgan fingerprint density at radius 2 is 2.00 bits per heavy atom. The van der Waals surface area contributed by atoms with E-state index in [1.807, 2.05) is 0 Å². The minimum atomic E-state index is -4.46. The van der Waals surface area contributed by atoms with E-state index in [0.717, 1.165) is 6.07 Å². The molecular formula is C14H17ClF3NO2. The van der Waals surface area contributed by atoms with Crippen molar-refractivity contribution in [3.05, 3.63) is 29.8 Å². The number of hydrogen-bond donors (Lipinski definition) is 0. The van der Waals surface area contributed by atoms with Gasteiger partial charge < -0.3 is 9.64 Å². The van der Waals surface area contributed by atoms with E-state index in [9.17, 15) is 18.0 Å². The number of para-hydroxylation sites is 1. The molecule has 0 aromatic heterocycles. The molecule has 0 heterocycles. The van der Waals surface area contributed by atoms with E-state index in [0.29, 0.717) is 18.7 Å². The van der Waals surface area contributed by atoms with Crippen LogP contribution in [0, 0.1) is 0 Å². The smallest absolute Gasteiger partial charge is 0.419 e. The molecule has 0 atom stereocenters. The number of ether oxygens (including phenoxy) is 1. The summed E-state index contributed by atoms with van der Waals surface area (Å²) in [5.41, 5.74) is -0.818. The number of hydrogen-bond acceptors (Lipinski definition) is 2. The fourth-order valence-corrected chi connectivity index (χ4v) is 1.79. The average Bonchev–Trinajstić information content (AvgIpc) is 2.44. The second-order valence-electron chi connectivity index (χ2n) is 4.45. The highest BCUT2D eigenvalue weighted by atomic mass is 35.5. The molecule has 0 saturated carbocycles. The molecule has 0 fully saturated rings. The minimum Gasteiger partial charge on any atom is -0.491 e. The molecule has 0 radical (unpaired) electrons. The third-order valence-corrected chi connectivity index (χ3v) is 3.09. The van der Waals surface area contributed by atoms with Crippen molar-refractivity contribution in [3.63, 3.8) is 0 Å². The normalized spacial score (nSPS) is 11.3. The van der Waals surface area contributed by atoms with Crippen LogP contribution in [0.2, 0.25) is 0 Å². The van der Waals surface area contributed by atoms with Gasteiger partial charge in [-0.05, 0) is 18.6 Å². The summed E-state index contributed by atoms with van der Waals surface area (Å²) < 4.78 is 43.4. The largest absolute Gasteiger partial charge is 0.491 e. The molecule has 0 bridgehead atoms. The summed E-state index contributed by atoms with van der Waals surface area (Å²) in [6.07, 6.45) is -3.57. The molecule has 0 aliphatic rings. The zero-order valence-electron chi connectivity index (χ0n) is 11.6. The quantitative estimate of drug-likeness (QED) is 0.718. The predicted octanol–water partition coefficient (Wildman–Crippen LogP) is 3.56. The fraction of sp³-hybridized carbons (Fsp3) is 0.500. The van der Waals surface area contributed by atoms with Crippen LogP contribution in [-0.4, -0.2) is 36.9 Å². The number of rotatable bonds is 7. The Hall–Kier alpha value is -1.43. The van der Waals surface area contributed by atoms with Crippen LogP contribution in [0.5, 0.6) is 5.75 Å². The third kappa shape index (κ3) is 5.83. The molecule has 1 aromatic rings. The van der Waals surface area contributed by atoms with Gasteiger partial charge in [-0.1, -0.05) is 12.1 Å². The molecule has 0 N–H and O–H groups in total. The van der Waals surface area contributed by atoms with E-state index < -0.39 is 11.7 Å². The summed E-state index contributed by atoms with van der Waals surface area (Å²) in [6.45, 7) is 0.212. The van der Waals surface area contributed by atoms with E-state index in [-0.39, 0.29) is 24.8 Å². The molecule has 0 spiro atoms. The van der Waals surface area contributed by atoms with E-state index in [1.165, 1.54) is 23.1 Å². The van der Waals surface area contributed by atoms with Gasteiger partial charge in [0.1, 0.15) is 12.4 Å². The van der Waals surface area contributed by atoms with Gasteiger partial charge >= 0.3 is 6.18 Å². The van der Waals surface area contributed by atoms with Gasteiger partial charge in [0.2, 0.25) is 5.91 Å². The molecule has 1 rings (SSSR count). The van der Waals surface area contributed by atoms with Crippen molar-refractivity contribution in [3.8, 4) is 5.75 Å². The van der Waals surface area contributed by atoms with Crippen LogP contribution in [0.3, 0.4) is 0 Å². The molecule has 0 unspecified atom stereocenters. The van der Waals surface area contributed by atoms with Crippen LogP contribution >= 0.6 is 11.6 Å². The van der Waals surface area contributed by atoms with Crippen molar-refractivity contribution in [2.24, 2.45) is 0 Å². The maximum Gasteiger partial charge on any atom is 0.419 e. The van der Waals surface area contributed by atoms with Gasteiger partial charge in [-0.2, -0.15) is 13.2 Å². The van der Waals surface area contributed by atoms with E-state index in [4.69, 9.17) is 16.3 Å². The van der Waals surface area contributed by atoms with Crippen molar-refractivity contribution < 1.29 is 22.7 Å². The number of halogens is 4. The third-order valence-electron chi connectivity index (χ3n) is 2.83. The van der Waals surface area contributed by atoms with Gasteiger partial charge in [0.05, 0.1) is 12.1 Å². The van der Waals surface area contributed by atoms with Crippen LogP contribution in [0.1, 0.15) is 18.4 Å². The van der Waals surface area contributed by atoms with Gasteiger partial charge in [0.15, 0.2) is 0 Å². The first-order chi connectivity index (χ1) is 9.86. The summed E-state index contributed by atoms with van der Waals surface area (Å²) in [7, 11) is 1.58. The molecule has 0 aliphatic heterocycles. The standard InChI is InChI=1S/C14H17ClF3NO2/c1-19(13(20)7-4-8-15)9-10-21-12-6-3-2-5-11(12)14(16,17)18/h2-3,5-6H,4,7-10H2,1H3. The first kappa shape index (κ1) is 17.6. The van der Waals surface area contributed by atoms with Crippen LogP contribution in [0.15, 0.2) is 24.3 Å². The van der Waals surface area contributed by atoms with E-state index >= 15 is 0 Å². The highest BCUT2D eigenvalue weighted by Crippen LogP contribution is 2.35. The van der Waals surface area contributed by atoms with Crippen LogP contribution in [0.4, 0.5) is 13.2 Å². The monoisotopic (exact) mass is 323 g/mol. The second kappa shape index (κ2) is 8.12. The minimum absolute atomic E-state index is 0.00376. The molecule has 1 aromatic carbocycles. The number of benzene rings is 1. The maximum atomic E-state index is 12.7. The molecule has 118 valence electrons. The Kier molecular flexibility index (Phi) is 6.81. The van der Waals surface area contributed by atoms with E-state index in [2.05, 4.69) is 0 Å². The van der Waals surface area contributed by atoms with Gasteiger partial charge in [0.25, 0.3) is 0 Å². The predicted molar refractivity (Wildman–Crippen MR) is 74.5 cm³/mol. The summed E-state index contributed by atoms with van der Waals surface area (Å²) in [6, 6.07) is 5.00. The number of nitrogens with zero attached hydrogens (tertiary/aromatic N) is 1. The van der Waals surface area contributed by atoms with Crippen molar-refractivity contribution in [2.75, 3.05) is 26.1 Å². The first-order valence-corrected chi connectivity index (χ1v) is 6.98. The summed E-state index contributed by atoms with van der Waals surface area (Å²) >= 11 is 5.49. The van der Waals surface area contributed by atoms with Gasteiger partial charge in [-0.25, -0.2) is 0 Å². The Morgan fingerprint density at radius 3 is 2.62 bits per heavy atom. The Balaban J connectivity index is 2.51. The van der Waals surface area contributed by atoms with Crippen LogP contribution in [0.25, 0.3) is 0 Å². The zero-order valence-corrected chi connectivity index (χ0v) is 12.4. The van der Waals surface area contributed by atoms with E-state index in [1.54, 1.807) is 7.05 Å². The number of likely N-dealkylation sites (N-methyl/N-ethyl adjacent to an activating group) is 1. The molecule has 3 nitrogen and oxygen atoms in total. The number of carbonyl (C=O) groups excluding carboxylic acids is 1. The number of carbonyl (C=O) groups is 1. The lowest BCUT2D eigenvalue weighted by molar-refractivity contribution is -0.139. The summed E-state index contributed by atoms with van der Waals surface area (Å²) in [5, 5.41) is 0. The summed E-state index contributed by atoms with van der Waals surface area (Å²) in [5.74, 6) is 0.0599. The lowest BCUT2D eigenvalue weighted by Gasteiger charge is -2.18. The Morgan fingerprint density at radius 1 is 1.33 bits per heavy atom. The van der Waals surface area contributed by atoms with Gasteiger partial charge in [0, 0.05) is 19.3 Å². The Bertz CT molecular complexity index is 466. The molecule has 7 heteroatoms. The van der Waals surface area contributed by atoms with Crippen LogP contribution in [-0.2, 0) is 11.0 Å². The Labute approximate surface area is 126 Å². The molecule has 0 saturated heterocycles. The van der Waals surface area contributed by atoms with Crippen LogP contribution < -0.4 is 4.74 Å². The molecular weight excluding hydrogens is 307 g/mol. The van der Waals surface area contributed by atoms with Crippen molar-refractivity contribution >= 4 is 17.5 Å². The lowest BCUT2D eigenvalue weighted by Crippen LogP contribution is -2.30. The van der Waals surface area contributed by atoms with Crippen molar-refractivity contribution in [1.29, 1.82) is 0 Å². The number of alkyl halides is 4. The first-order valence-electron chi connectivity index (χ1n) is 6.45. The van der Waals surface area contributed by atoms with Gasteiger partial charge in [-0.15, -0.1) is 11.6 Å².